The van der Waals surface area contributed by atoms with E-state index in [2.05, 4.69) is 19.2 Å². The molecule has 1 aromatic rings. The molecular weight excluding hydrogens is 268 g/mol. The third kappa shape index (κ3) is 3.54. The number of nitrogens with zero attached hydrogens (tertiary/aromatic N) is 1. The molecule has 5 nitrogen and oxygen atoms in total. The molecule has 0 fully saturated rings. The Kier molecular flexibility index (Phi) is 4.83. The number of carbonyl (C=O) groups is 2. The molecule has 0 aliphatic carbocycles. The molecule has 1 unspecified atom stereocenters. The summed E-state index contributed by atoms with van der Waals surface area (Å²) in [5.74, 6) is -0.572. The number of amides is 2. The Balaban J connectivity index is 2.13. The Morgan fingerprint density at radius 3 is 2.67 bits per heavy atom. The number of aliphatic carboxylic acids is 1. The highest BCUT2D eigenvalue weighted by atomic mass is 16.4. The number of fused-ring (bicyclic) bond motifs is 1. The van der Waals surface area contributed by atoms with Crippen LogP contribution in [0.2, 0.25) is 0 Å². The average Bonchev–Trinajstić information content (AvgIpc) is 2.50. The summed E-state index contributed by atoms with van der Waals surface area (Å²) in [6.45, 7) is 5.04. The van der Waals surface area contributed by atoms with Gasteiger partial charge in [-0.05, 0) is 17.0 Å². The number of carboxylic acid groups (broad SMARTS) is 1. The van der Waals surface area contributed by atoms with Gasteiger partial charge >= 0.3 is 12.0 Å². The van der Waals surface area contributed by atoms with E-state index in [1.165, 1.54) is 4.90 Å². The fourth-order valence-corrected chi connectivity index (χ4v) is 2.46. The molecular formula is C16H22N2O3. The van der Waals surface area contributed by atoms with Crippen LogP contribution in [0.1, 0.15) is 31.4 Å². The fraction of sp³-hybridized carbons (Fsp3) is 0.500. The van der Waals surface area contributed by atoms with Crippen molar-refractivity contribution in [2.24, 2.45) is 5.92 Å². The second-order valence-electron chi connectivity index (χ2n) is 5.65. The van der Waals surface area contributed by atoms with Gasteiger partial charge in [0.15, 0.2) is 0 Å². The second-order valence-corrected chi connectivity index (χ2v) is 5.65. The summed E-state index contributed by atoms with van der Waals surface area (Å²) in [5, 5.41) is 12.2. The van der Waals surface area contributed by atoms with Crippen molar-refractivity contribution in [1.82, 2.24) is 10.2 Å². The maximum Gasteiger partial charge on any atom is 0.326 e. The van der Waals surface area contributed by atoms with Crippen LogP contribution in [0.25, 0.3) is 0 Å². The monoisotopic (exact) mass is 290 g/mol. The highest BCUT2D eigenvalue weighted by molar-refractivity contribution is 5.83. The zero-order valence-electron chi connectivity index (χ0n) is 12.5. The highest BCUT2D eigenvalue weighted by Gasteiger charge is 2.34. The summed E-state index contributed by atoms with van der Waals surface area (Å²) < 4.78 is 0. The summed E-state index contributed by atoms with van der Waals surface area (Å²) in [4.78, 5) is 25.2. The van der Waals surface area contributed by atoms with Gasteiger partial charge in [0.2, 0.25) is 0 Å². The summed E-state index contributed by atoms with van der Waals surface area (Å²) in [6, 6.07) is 6.60. The molecule has 0 radical (unpaired) electrons. The van der Waals surface area contributed by atoms with Crippen molar-refractivity contribution in [2.75, 3.05) is 6.54 Å². The first-order valence-electron chi connectivity index (χ1n) is 7.37. The van der Waals surface area contributed by atoms with Gasteiger partial charge in [0.25, 0.3) is 0 Å². The van der Waals surface area contributed by atoms with E-state index in [-0.39, 0.29) is 6.03 Å². The van der Waals surface area contributed by atoms with Crippen molar-refractivity contribution in [1.29, 1.82) is 0 Å². The molecule has 0 bridgehead atoms. The molecule has 5 heteroatoms. The minimum atomic E-state index is -0.955. The molecule has 1 heterocycles. The van der Waals surface area contributed by atoms with Crippen LogP contribution in [0.3, 0.4) is 0 Å². The predicted octanol–water partition coefficient (Wildman–Crippen LogP) is 2.25. The molecule has 1 aliphatic rings. The highest BCUT2D eigenvalue weighted by Crippen LogP contribution is 2.23. The van der Waals surface area contributed by atoms with Crippen molar-refractivity contribution in [3.63, 3.8) is 0 Å². The van der Waals surface area contributed by atoms with Gasteiger partial charge in [-0.3, -0.25) is 0 Å². The minimum Gasteiger partial charge on any atom is -0.480 e. The van der Waals surface area contributed by atoms with Crippen molar-refractivity contribution in [3.05, 3.63) is 35.4 Å². The van der Waals surface area contributed by atoms with E-state index >= 15 is 0 Å². The third-order valence-electron chi connectivity index (χ3n) is 4.09. The first kappa shape index (κ1) is 15.4. The Morgan fingerprint density at radius 1 is 1.38 bits per heavy atom. The van der Waals surface area contributed by atoms with Crippen molar-refractivity contribution >= 4 is 12.0 Å². The molecule has 2 amide bonds. The van der Waals surface area contributed by atoms with Crippen LogP contribution in [-0.2, 0) is 17.8 Å². The lowest BCUT2D eigenvalue weighted by molar-refractivity contribution is -0.142. The first-order chi connectivity index (χ1) is 10.0. The maximum absolute atomic E-state index is 12.3. The van der Waals surface area contributed by atoms with Crippen LogP contribution < -0.4 is 5.32 Å². The van der Waals surface area contributed by atoms with Gasteiger partial charge in [0.05, 0.1) is 0 Å². The smallest absolute Gasteiger partial charge is 0.326 e. The minimum absolute atomic E-state index is 0.294. The number of hydrogen-bond acceptors (Lipinski definition) is 2. The van der Waals surface area contributed by atoms with Crippen molar-refractivity contribution < 1.29 is 14.7 Å². The van der Waals surface area contributed by atoms with E-state index in [0.717, 1.165) is 17.5 Å². The molecule has 2 N–H and O–H groups in total. The Morgan fingerprint density at radius 2 is 2.05 bits per heavy atom. The molecule has 0 spiro atoms. The maximum atomic E-state index is 12.3. The summed E-state index contributed by atoms with van der Waals surface area (Å²) in [6.07, 6.45) is 1.34. The number of rotatable bonds is 4. The van der Waals surface area contributed by atoms with E-state index in [1.54, 1.807) is 0 Å². The molecule has 114 valence electrons. The first-order valence-corrected chi connectivity index (χ1v) is 7.37. The zero-order chi connectivity index (χ0) is 15.4. The van der Waals surface area contributed by atoms with E-state index in [4.69, 9.17) is 0 Å². The van der Waals surface area contributed by atoms with Gasteiger partial charge in [-0.1, -0.05) is 44.5 Å². The van der Waals surface area contributed by atoms with Crippen LogP contribution in [0.15, 0.2) is 24.3 Å². The quantitative estimate of drug-likeness (QED) is 0.893. The topological polar surface area (TPSA) is 69.6 Å². The largest absolute Gasteiger partial charge is 0.480 e. The fourth-order valence-electron chi connectivity index (χ4n) is 2.46. The third-order valence-corrected chi connectivity index (χ3v) is 4.09. The number of carboxylic acids is 1. The van der Waals surface area contributed by atoms with E-state index in [1.807, 2.05) is 24.3 Å². The van der Waals surface area contributed by atoms with Gasteiger partial charge in [0, 0.05) is 19.5 Å². The normalized spacial score (nSPS) is 18.8. The van der Waals surface area contributed by atoms with E-state index < -0.39 is 12.0 Å². The van der Waals surface area contributed by atoms with Gasteiger partial charge in [0.1, 0.15) is 6.04 Å². The van der Waals surface area contributed by atoms with Crippen molar-refractivity contribution in [2.45, 2.75) is 39.3 Å². The Hall–Kier alpha value is -2.04. The number of nitrogens with one attached hydrogen (secondary N) is 1. The van der Waals surface area contributed by atoms with Crippen molar-refractivity contribution in [3.8, 4) is 0 Å². The van der Waals surface area contributed by atoms with Crippen LogP contribution in [0.5, 0.6) is 0 Å². The number of benzene rings is 1. The number of hydrogen-bond donors (Lipinski definition) is 2. The van der Waals surface area contributed by atoms with Crippen LogP contribution >= 0.6 is 0 Å². The number of carbonyl (C=O) groups excluding carboxylic acids is 1. The van der Waals surface area contributed by atoms with Gasteiger partial charge < -0.3 is 15.3 Å². The van der Waals surface area contributed by atoms with Gasteiger partial charge in [-0.15, -0.1) is 0 Å². The summed E-state index contributed by atoms with van der Waals surface area (Å²) in [7, 11) is 0. The SMILES string of the molecule is CCC(C)CNC(=O)N1Cc2ccccc2C[C@H]1C(=O)O. The van der Waals surface area contributed by atoms with Crippen LogP contribution in [-0.4, -0.2) is 34.6 Å². The lowest BCUT2D eigenvalue weighted by atomic mass is 9.94. The zero-order valence-corrected chi connectivity index (χ0v) is 12.5. The van der Waals surface area contributed by atoms with Gasteiger partial charge in [-0.2, -0.15) is 0 Å². The molecule has 2 rings (SSSR count). The molecule has 21 heavy (non-hydrogen) atoms. The molecule has 0 saturated carbocycles. The van der Waals surface area contributed by atoms with Crippen LogP contribution in [0.4, 0.5) is 4.79 Å². The number of urea groups is 1. The Labute approximate surface area is 125 Å². The Bertz CT molecular complexity index is 530. The molecule has 1 aromatic carbocycles. The lowest BCUT2D eigenvalue weighted by Gasteiger charge is -2.34. The second kappa shape index (κ2) is 6.61. The molecule has 0 aromatic heterocycles. The summed E-state index contributed by atoms with van der Waals surface area (Å²) in [5.41, 5.74) is 2.03. The van der Waals surface area contributed by atoms with Crippen LogP contribution in [0, 0.1) is 5.92 Å². The lowest BCUT2D eigenvalue weighted by Crippen LogP contribution is -2.52. The standard InChI is InChI=1S/C16H22N2O3/c1-3-11(2)9-17-16(21)18-10-13-7-5-4-6-12(13)8-14(18)15(19)20/h4-7,11,14H,3,8-10H2,1-2H3,(H,17,21)(H,19,20)/t11?,14-/m0/s1. The van der Waals surface area contributed by atoms with Gasteiger partial charge in [-0.25, -0.2) is 9.59 Å². The molecule has 0 saturated heterocycles. The van der Waals surface area contributed by atoms with E-state index in [0.29, 0.717) is 25.4 Å². The predicted molar refractivity (Wildman–Crippen MR) is 80.0 cm³/mol. The average molecular weight is 290 g/mol. The molecule has 1 aliphatic heterocycles. The van der Waals surface area contributed by atoms with E-state index in [9.17, 15) is 14.7 Å². The summed E-state index contributed by atoms with van der Waals surface area (Å²) >= 11 is 0. The molecule has 2 atom stereocenters.